The molecule has 2 aliphatic carbocycles. The number of hydrogen-bond donors (Lipinski definition) is 7. The molecule has 3 rings (SSSR count). The van der Waals surface area contributed by atoms with Crippen LogP contribution in [0.25, 0.3) is 5.73 Å². The Morgan fingerprint density at radius 1 is 0.850 bits per heavy atom. The van der Waals surface area contributed by atoms with E-state index in [1.165, 1.54) is 65.2 Å². The van der Waals surface area contributed by atoms with Gasteiger partial charge in [0, 0.05) is 48.3 Å². The Kier molecular flexibility index (Phi) is 21.1. The Labute approximate surface area is 249 Å². The van der Waals surface area contributed by atoms with Crippen LogP contribution in [0, 0.1) is 5.92 Å². The topological polar surface area (TPSA) is 188 Å². The second-order valence-corrected chi connectivity index (χ2v) is 10.5. The predicted octanol–water partition coefficient (Wildman–Crippen LogP) is 2.69. The number of carboxylic acid groups (broad SMARTS) is 2. The third-order valence-electron chi connectivity index (χ3n) is 7.08. The van der Waals surface area contributed by atoms with Crippen molar-refractivity contribution in [2.75, 3.05) is 13.1 Å². The van der Waals surface area contributed by atoms with Crippen LogP contribution in [0.3, 0.4) is 0 Å². The van der Waals surface area contributed by atoms with Gasteiger partial charge in [0.2, 0.25) is 0 Å². The molecule has 0 spiro atoms. The fraction of sp³-hybridized carbons (Fsp3) is 0.750. The molecule has 2 aliphatic rings. The van der Waals surface area contributed by atoms with E-state index < -0.39 is 24.1 Å². The zero-order valence-corrected chi connectivity index (χ0v) is 25.3. The minimum Gasteiger partial charge on any atom is -0.676 e. The first-order valence-corrected chi connectivity index (χ1v) is 14.2. The zero-order valence-electron chi connectivity index (χ0n) is 24.1. The molecule has 11 nitrogen and oxygen atoms in total. The maximum absolute atomic E-state index is 9.45. The number of pyridine rings is 1. The molecule has 6 atom stereocenters. The van der Waals surface area contributed by atoms with Gasteiger partial charge in [-0.1, -0.05) is 38.7 Å². The molecular formula is C28H50MnN5O6-. The summed E-state index contributed by atoms with van der Waals surface area (Å²) in [5.41, 5.74) is 9.66. The molecule has 0 bridgehead atoms. The standard InChI is InChI=1S/C22H38N5.2C3H6O3.Mn/c1-17-7-2-3-10-20(17)25-15-18-8-6-9-19(27-18)16-26-22-12-5-4-11-21(22)24-14-13-23;2*1-2(4)3(5)6;/h6,8-9,17,20-26H,2-5,7,10-16H2,1H3;2*2,4H,1H3,(H,5,6);/q-1;;;/t17-,20-,21-,22-;2*2-;/m000./s1. The Hall–Kier alpha value is -1.63. The maximum atomic E-state index is 9.45. The third kappa shape index (κ3) is 16.6. The van der Waals surface area contributed by atoms with Crippen LogP contribution in [0.5, 0.6) is 0 Å². The quantitative estimate of drug-likeness (QED) is 0.184. The van der Waals surface area contributed by atoms with Crippen molar-refractivity contribution < 1.29 is 47.1 Å². The Balaban J connectivity index is 0.000000985. The molecule has 0 amide bonds. The van der Waals surface area contributed by atoms with E-state index >= 15 is 0 Å². The van der Waals surface area contributed by atoms with Crippen LogP contribution in [-0.2, 0) is 39.7 Å². The van der Waals surface area contributed by atoms with E-state index in [-0.39, 0.29) is 17.1 Å². The number of nitrogens with one attached hydrogen (secondary N) is 4. The minimum atomic E-state index is -1.23. The number of rotatable bonds is 11. The van der Waals surface area contributed by atoms with Gasteiger partial charge in [0.1, 0.15) is 12.2 Å². The van der Waals surface area contributed by atoms with Crippen LogP contribution < -0.4 is 16.0 Å². The van der Waals surface area contributed by atoms with Crippen molar-refractivity contribution in [3.63, 3.8) is 0 Å². The molecule has 2 fully saturated rings. The summed E-state index contributed by atoms with van der Waals surface area (Å²) in [5.74, 6) is -1.59. The van der Waals surface area contributed by atoms with Crippen LogP contribution in [0.2, 0.25) is 0 Å². The van der Waals surface area contributed by atoms with Crippen molar-refractivity contribution in [3.05, 3.63) is 35.3 Å². The molecule has 12 heteroatoms. The van der Waals surface area contributed by atoms with Crippen molar-refractivity contribution in [2.45, 2.75) is 116 Å². The van der Waals surface area contributed by atoms with Crippen LogP contribution >= 0.6 is 0 Å². The second-order valence-electron chi connectivity index (χ2n) is 10.5. The molecular weight excluding hydrogens is 557 g/mol. The average molecular weight is 608 g/mol. The second kappa shape index (κ2) is 22.0. The van der Waals surface area contributed by atoms with Crippen molar-refractivity contribution >= 4 is 11.9 Å². The monoisotopic (exact) mass is 607 g/mol. The van der Waals surface area contributed by atoms with E-state index in [1.54, 1.807) is 0 Å². The predicted molar refractivity (Wildman–Crippen MR) is 151 cm³/mol. The van der Waals surface area contributed by atoms with E-state index in [0.29, 0.717) is 24.7 Å². The minimum absolute atomic E-state index is 0. The SMILES string of the molecule is C[C@H](O)C(=O)O.C[C@H](O)C(=O)O.C[C@H]1CCCC[C@@H]1NCc1cccc(CN[C@H]2CCCC[C@@H]2NCC[NH-])n1.[Mn]. The summed E-state index contributed by atoms with van der Waals surface area (Å²) in [7, 11) is 0. The van der Waals surface area contributed by atoms with E-state index in [2.05, 4.69) is 41.1 Å². The Bertz CT molecular complexity index is 814. The normalized spacial score (nSPS) is 23.6. The molecule has 0 aliphatic heterocycles. The Morgan fingerprint density at radius 2 is 1.25 bits per heavy atom. The van der Waals surface area contributed by atoms with Gasteiger partial charge in [-0.05, 0) is 64.1 Å². The van der Waals surface area contributed by atoms with Crippen LogP contribution in [-0.4, -0.2) is 80.8 Å². The van der Waals surface area contributed by atoms with E-state index in [9.17, 15) is 9.59 Å². The van der Waals surface area contributed by atoms with Gasteiger partial charge in [0.15, 0.2) is 0 Å². The number of hydrogen-bond acceptors (Lipinski definition) is 8. The molecule has 8 N–H and O–H groups in total. The molecule has 0 saturated heterocycles. The third-order valence-corrected chi connectivity index (χ3v) is 7.08. The molecule has 231 valence electrons. The largest absolute Gasteiger partial charge is 0.676 e. The van der Waals surface area contributed by atoms with Gasteiger partial charge in [0.25, 0.3) is 0 Å². The first-order valence-electron chi connectivity index (χ1n) is 14.2. The summed E-state index contributed by atoms with van der Waals surface area (Å²) in [6, 6.07) is 8.06. The summed E-state index contributed by atoms with van der Waals surface area (Å²) < 4.78 is 0. The summed E-state index contributed by atoms with van der Waals surface area (Å²) in [4.78, 5) is 23.8. The number of nitrogens with zero attached hydrogens (tertiary/aromatic N) is 1. The molecule has 1 heterocycles. The number of aliphatic hydroxyl groups excluding tert-OH is 2. The fourth-order valence-electron chi connectivity index (χ4n) is 4.69. The zero-order chi connectivity index (χ0) is 29.2. The number of carbonyl (C=O) groups is 2. The molecule has 1 aromatic rings. The van der Waals surface area contributed by atoms with Crippen LogP contribution in [0.15, 0.2) is 18.2 Å². The van der Waals surface area contributed by atoms with Crippen molar-refractivity contribution in [2.24, 2.45) is 5.92 Å². The van der Waals surface area contributed by atoms with Gasteiger partial charge in [-0.15, -0.1) is 6.54 Å². The number of aromatic nitrogens is 1. The van der Waals surface area contributed by atoms with Crippen LogP contribution in [0.4, 0.5) is 0 Å². The summed E-state index contributed by atoms with van der Waals surface area (Å²) >= 11 is 0. The van der Waals surface area contributed by atoms with Crippen molar-refractivity contribution in [1.82, 2.24) is 20.9 Å². The first-order chi connectivity index (χ1) is 18.5. The molecule has 1 aromatic heterocycles. The maximum Gasteiger partial charge on any atom is 0.332 e. The van der Waals surface area contributed by atoms with E-state index in [1.807, 2.05) is 0 Å². The van der Waals surface area contributed by atoms with Crippen molar-refractivity contribution in [1.29, 1.82) is 0 Å². The Morgan fingerprint density at radius 3 is 1.68 bits per heavy atom. The molecule has 0 unspecified atom stereocenters. The van der Waals surface area contributed by atoms with Gasteiger partial charge in [0.05, 0.1) is 11.4 Å². The first kappa shape index (κ1) is 38.4. The van der Waals surface area contributed by atoms with Gasteiger partial charge >= 0.3 is 11.9 Å². The van der Waals surface area contributed by atoms with Crippen LogP contribution in [0.1, 0.15) is 83.5 Å². The van der Waals surface area contributed by atoms with Gasteiger partial charge in [-0.3, -0.25) is 4.98 Å². The summed E-state index contributed by atoms with van der Waals surface area (Å²) in [6.45, 7) is 7.73. The van der Waals surface area contributed by atoms with Crippen molar-refractivity contribution in [3.8, 4) is 0 Å². The van der Waals surface area contributed by atoms with Gasteiger partial charge < -0.3 is 42.1 Å². The molecule has 40 heavy (non-hydrogen) atoms. The van der Waals surface area contributed by atoms with E-state index in [4.69, 9.17) is 31.1 Å². The molecule has 0 aromatic carbocycles. The number of aliphatic carboxylic acids is 2. The summed E-state index contributed by atoms with van der Waals surface area (Å²) in [5, 5.41) is 42.6. The van der Waals surface area contributed by atoms with Gasteiger partial charge in [-0.2, -0.15) is 0 Å². The van der Waals surface area contributed by atoms with E-state index in [0.717, 1.165) is 36.9 Å². The smallest absolute Gasteiger partial charge is 0.332 e. The summed E-state index contributed by atoms with van der Waals surface area (Å²) in [6.07, 6.45) is 7.97. The molecule has 1 radical (unpaired) electrons. The molecule has 2 saturated carbocycles. The van der Waals surface area contributed by atoms with Gasteiger partial charge in [-0.25, -0.2) is 9.59 Å². The number of carboxylic acids is 2. The average Bonchev–Trinajstić information content (AvgIpc) is 2.91. The fourth-order valence-corrected chi connectivity index (χ4v) is 4.69. The number of aliphatic hydroxyl groups is 2.